The van der Waals surface area contributed by atoms with Crippen molar-refractivity contribution in [1.82, 2.24) is 30.0 Å². The number of rotatable bonds is 10. The van der Waals surface area contributed by atoms with Crippen molar-refractivity contribution in [2.45, 2.75) is 48.8 Å². The summed E-state index contributed by atoms with van der Waals surface area (Å²) >= 11 is 1.47. The van der Waals surface area contributed by atoms with E-state index in [9.17, 15) is 4.79 Å². The Kier molecular flexibility index (Phi) is 8.24. The normalized spacial score (nSPS) is 19.0. The van der Waals surface area contributed by atoms with Gasteiger partial charge in [-0.05, 0) is 69.9 Å². The molecule has 3 N–H and O–H groups in total. The summed E-state index contributed by atoms with van der Waals surface area (Å²) in [5.74, 6) is 2.55. The molecule has 2 unspecified atom stereocenters. The molecule has 1 aromatic carbocycles. The van der Waals surface area contributed by atoms with E-state index in [4.69, 9.17) is 14.7 Å². The van der Waals surface area contributed by atoms with Crippen LogP contribution in [0.3, 0.4) is 0 Å². The van der Waals surface area contributed by atoms with Crippen molar-refractivity contribution in [2.75, 3.05) is 62.9 Å². The number of likely N-dealkylation sites (N-methyl/N-ethyl adjacent to an activating group) is 1. The summed E-state index contributed by atoms with van der Waals surface area (Å²) in [6.07, 6.45) is 2.39. The Balaban J connectivity index is 1.45. The second kappa shape index (κ2) is 11.8. The second-order valence-electron chi connectivity index (χ2n) is 10.4. The van der Waals surface area contributed by atoms with Gasteiger partial charge in [-0.2, -0.15) is 5.10 Å². The smallest absolute Gasteiger partial charge is 0.221 e. The highest BCUT2D eigenvalue weighted by Crippen LogP contribution is 2.41. The third-order valence-electron chi connectivity index (χ3n) is 7.11. The van der Waals surface area contributed by atoms with Crippen LogP contribution in [0.5, 0.6) is 5.75 Å². The van der Waals surface area contributed by atoms with Crippen LogP contribution >= 0.6 is 11.8 Å². The molecule has 208 valence electrons. The standard InChI is InChI=1S/C27H37N9O2S/c1-17-14-23(33-32-17)29-25-24(38-5)26(35-15-20-8-9-21(16-35)36(20)13-12-34(3)4)31-27(30-25)39-22-10-6-19(7-11-22)28-18(2)37/h6-7,10-11,14,20-21H,8-9,12-13,15-16H2,1-5H3,(H,28,37)(H2,29,30,31,32,33). The van der Waals surface area contributed by atoms with Crippen molar-refractivity contribution >= 4 is 40.8 Å². The number of hydrogen-bond donors (Lipinski definition) is 3. The first kappa shape index (κ1) is 27.2. The fourth-order valence-corrected chi connectivity index (χ4v) is 6.07. The molecule has 4 heterocycles. The quantitative estimate of drug-likeness (QED) is 0.323. The number of piperazine rings is 1. The Bertz CT molecular complexity index is 1280. The highest BCUT2D eigenvalue weighted by molar-refractivity contribution is 7.99. The predicted molar refractivity (Wildman–Crippen MR) is 154 cm³/mol. The third-order valence-corrected chi connectivity index (χ3v) is 7.98. The Morgan fingerprint density at radius 2 is 1.90 bits per heavy atom. The molecule has 2 fully saturated rings. The van der Waals surface area contributed by atoms with Gasteiger partial charge in [-0.1, -0.05) is 0 Å². The summed E-state index contributed by atoms with van der Waals surface area (Å²) in [6.45, 7) is 7.39. The molecule has 2 saturated heterocycles. The third kappa shape index (κ3) is 6.45. The topological polar surface area (TPSA) is 115 Å². The summed E-state index contributed by atoms with van der Waals surface area (Å²) in [5, 5.41) is 14.1. The maximum absolute atomic E-state index is 11.4. The van der Waals surface area contributed by atoms with Gasteiger partial charge >= 0.3 is 0 Å². The second-order valence-corrected chi connectivity index (χ2v) is 11.5. The van der Waals surface area contributed by atoms with Crippen LogP contribution in [0.1, 0.15) is 25.5 Å². The maximum atomic E-state index is 11.4. The van der Waals surface area contributed by atoms with Crippen LogP contribution in [0.25, 0.3) is 0 Å². The van der Waals surface area contributed by atoms with Crippen LogP contribution in [0.15, 0.2) is 40.4 Å². The van der Waals surface area contributed by atoms with Crippen LogP contribution < -0.4 is 20.3 Å². The van der Waals surface area contributed by atoms with Gasteiger partial charge in [0.15, 0.2) is 22.6 Å². The highest BCUT2D eigenvalue weighted by atomic mass is 32.2. The lowest BCUT2D eigenvalue weighted by atomic mass is 10.2. The largest absolute Gasteiger partial charge is 0.490 e. The first-order chi connectivity index (χ1) is 18.8. The number of nitrogens with one attached hydrogen (secondary N) is 3. The zero-order valence-electron chi connectivity index (χ0n) is 23.2. The van der Waals surface area contributed by atoms with Crippen LogP contribution in [0.4, 0.5) is 23.1 Å². The molecule has 2 atom stereocenters. The van der Waals surface area contributed by atoms with Gasteiger partial charge in [0.05, 0.1) is 7.11 Å². The first-order valence-corrected chi connectivity index (χ1v) is 14.1. The van der Waals surface area contributed by atoms with Crippen molar-refractivity contribution in [3.63, 3.8) is 0 Å². The number of nitrogens with zero attached hydrogens (tertiary/aromatic N) is 6. The molecule has 2 bridgehead atoms. The number of carbonyl (C=O) groups is 1. The fourth-order valence-electron chi connectivity index (χ4n) is 5.31. The molecular weight excluding hydrogens is 514 g/mol. The minimum absolute atomic E-state index is 0.0985. The Hall–Kier alpha value is -3.35. The fraction of sp³-hybridized carbons (Fsp3) is 0.481. The summed E-state index contributed by atoms with van der Waals surface area (Å²) in [7, 11) is 5.93. The summed E-state index contributed by atoms with van der Waals surface area (Å²) in [6, 6.07) is 10.6. The molecular formula is C27H37N9O2S. The predicted octanol–water partition coefficient (Wildman–Crippen LogP) is 3.58. The number of anilines is 4. The lowest BCUT2D eigenvalue weighted by molar-refractivity contribution is -0.114. The van der Waals surface area contributed by atoms with Gasteiger partial charge in [0.2, 0.25) is 11.7 Å². The summed E-state index contributed by atoms with van der Waals surface area (Å²) in [4.78, 5) is 29.5. The van der Waals surface area contributed by atoms with Gasteiger partial charge in [-0.25, -0.2) is 9.97 Å². The molecule has 2 aromatic heterocycles. The van der Waals surface area contributed by atoms with E-state index >= 15 is 0 Å². The lowest BCUT2D eigenvalue weighted by Crippen LogP contribution is -2.55. The van der Waals surface area contributed by atoms with Gasteiger partial charge in [0.1, 0.15) is 0 Å². The van der Waals surface area contributed by atoms with Crippen molar-refractivity contribution in [1.29, 1.82) is 0 Å². The molecule has 2 aliphatic heterocycles. The van der Waals surface area contributed by atoms with E-state index < -0.39 is 0 Å². The summed E-state index contributed by atoms with van der Waals surface area (Å²) < 4.78 is 5.93. The summed E-state index contributed by atoms with van der Waals surface area (Å²) in [5.41, 5.74) is 1.70. The van der Waals surface area contributed by atoms with E-state index in [1.54, 1.807) is 7.11 Å². The monoisotopic (exact) mass is 551 g/mol. The zero-order valence-corrected chi connectivity index (χ0v) is 24.0. The van der Waals surface area contributed by atoms with E-state index in [1.165, 1.54) is 31.5 Å². The van der Waals surface area contributed by atoms with Gasteiger partial charge in [-0.15, -0.1) is 0 Å². The molecule has 3 aromatic rings. The Labute approximate surface area is 233 Å². The molecule has 2 aliphatic rings. The van der Waals surface area contributed by atoms with E-state index in [2.05, 4.69) is 49.6 Å². The molecule has 1 amide bonds. The van der Waals surface area contributed by atoms with E-state index in [1.807, 2.05) is 37.3 Å². The number of fused-ring (bicyclic) bond motifs is 2. The minimum atomic E-state index is -0.0985. The van der Waals surface area contributed by atoms with Gasteiger partial charge in [0.25, 0.3) is 0 Å². The number of carbonyl (C=O) groups excluding carboxylic acids is 1. The number of amides is 1. The van der Waals surface area contributed by atoms with Crippen molar-refractivity contribution < 1.29 is 9.53 Å². The van der Waals surface area contributed by atoms with Crippen molar-refractivity contribution in [2.24, 2.45) is 0 Å². The van der Waals surface area contributed by atoms with Gasteiger partial charge in [-0.3, -0.25) is 14.8 Å². The molecule has 0 radical (unpaired) electrons. The number of methoxy groups -OCH3 is 1. The van der Waals surface area contributed by atoms with Crippen LogP contribution in [-0.4, -0.2) is 95.3 Å². The van der Waals surface area contributed by atoms with Crippen LogP contribution in [0, 0.1) is 6.92 Å². The highest BCUT2D eigenvalue weighted by Gasteiger charge is 2.41. The average molecular weight is 552 g/mol. The molecule has 0 saturated carbocycles. The van der Waals surface area contributed by atoms with E-state index in [0.717, 1.165) is 48.3 Å². The molecule has 0 aliphatic carbocycles. The molecule has 12 heteroatoms. The number of aromatic nitrogens is 4. The molecule has 5 rings (SSSR count). The number of benzene rings is 1. The van der Waals surface area contributed by atoms with Crippen molar-refractivity contribution in [3.05, 3.63) is 36.0 Å². The van der Waals surface area contributed by atoms with Crippen LogP contribution in [0.2, 0.25) is 0 Å². The average Bonchev–Trinajstić information content (AvgIpc) is 3.40. The maximum Gasteiger partial charge on any atom is 0.221 e. The van der Waals surface area contributed by atoms with Gasteiger partial charge < -0.3 is 25.2 Å². The first-order valence-electron chi connectivity index (χ1n) is 13.2. The SMILES string of the molecule is COc1c(Nc2cc(C)[nH]n2)nc(Sc2ccc(NC(C)=O)cc2)nc1N1CC2CCC(C1)N2CCN(C)C. The minimum Gasteiger partial charge on any atom is -0.490 e. The van der Waals surface area contributed by atoms with Crippen molar-refractivity contribution in [3.8, 4) is 5.75 Å². The molecule has 39 heavy (non-hydrogen) atoms. The number of ether oxygens (including phenoxy) is 1. The zero-order chi connectivity index (χ0) is 27.5. The number of hydrogen-bond acceptors (Lipinski definition) is 10. The van der Waals surface area contributed by atoms with Gasteiger partial charge in [0, 0.05) is 67.5 Å². The molecule has 11 nitrogen and oxygen atoms in total. The number of aromatic amines is 1. The van der Waals surface area contributed by atoms with Crippen LogP contribution in [-0.2, 0) is 4.79 Å². The van der Waals surface area contributed by atoms with E-state index in [-0.39, 0.29) is 5.91 Å². The Morgan fingerprint density at radius 3 is 2.49 bits per heavy atom. The Morgan fingerprint density at radius 1 is 1.18 bits per heavy atom. The lowest BCUT2D eigenvalue weighted by Gasteiger charge is -2.42. The number of aryl methyl sites for hydroxylation is 1. The van der Waals surface area contributed by atoms with E-state index in [0.29, 0.717) is 34.6 Å². The number of H-pyrrole nitrogens is 1. The molecule has 0 spiro atoms.